The van der Waals surface area contributed by atoms with Gasteiger partial charge in [-0.15, -0.1) is 11.3 Å². The van der Waals surface area contributed by atoms with Crippen molar-refractivity contribution in [3.05, 3.63) is 152 Å². The predicted octanol–water partition coefficient (Wildman–Crippen LogP) is 11.9. The molecule has 0 amide bonds. The Morgan fingerprint density at radius 1 is 0.340 bits per heavy atom. The Morgan fingerprint density at radius 2 is 0.915 bits per heavy atom. The fourth-order valence-electron chi connectivity index (χ4n) is 7.01. The van der Waals surface area contributed by atoms with Crippen LogP contribution in [0.15, 0.2) is 152 Å². The SMILES string of the molecule is c1ccc2cc(-c3nc(-c4ccc5c(c4)sc4ccccc45)nc(-c4cc5ccccc5c5ccc6ccccc6c45)n3)ccc2c1. The molecule has 0 unspecified atom stereocenters. The third kappa shape index (κ3) is 4.23. The van der Waals surface area contributed by atoms with E-state index in [0.29, 0.717) is 17.5 Å². The highest BCUT2D eigenvalue weighted by Crippen LogP contribution is 2.40. The van der Waals surface area contributed by atoms with E-state index < -0.39 is 0 Å². The maximum absolute atomic E-state index is 5.27. The molecule has 3 nitrogen and oxygen atoms in total. The van der Waals surface area contributed by atoms with Crippen LogP contribution in [0.1, 0.15) is 0 Å². The second-order valence-electron chi connectivity index (χ2n) is 12.0. The van der Waals surface area contributed by atoms with Crippen molar-refractivity contribution in [2.75, 3.05) is 0 Å². The minimum Gasteiger partial charge on any atom is -0.208 e. The molecule has 10 rings (SSSR count). The molecule has 0 atom stereocenters. The van der Waals surface area contributed by atoms with Gasteiger partial charge in [-0.05, 0) is 62.0 Å². The molecule has 0 saturated heterocycles. The van der Waals surface area contributed by atoms with Gasteiger partial charge < -0.3 is 0 Å². The van der Waals surface area contributed by atoms with E-state index in [0.717, 1.165) is 32.8 Å². The standard InChI is InChI=1S/C43H25N3S/c1-2-11-28-23-30(18-17-26(28)9-1)41-44-42(31-20-21-35-34-15-7-8-16-38(34)47-39(35)25-31)46-43(45-41)37-24-29-12-4-5-13-32(29)36-22-19-27-10-3-6-14-33(27)40(36)37/h1-25H. The molecular weight excluding hydrogens is 591 g/mol. The summed E-state index contributed by atoms with van der Waals surface area (Å²) in [5.74, 6) is 1.99. The van der Waals surface area contributed by atoms with E-state index in [1.807, 2.05) is 0 Å². The maximum Gasteiger partial charge on any atom is 0.164 e. The highest BCUT2D eigenvalue weighted by molar-refractivity contribution is 7.25. The van der Waals surface area contributed by atoms with Gasteiger partial charge in [-0.3, -0.25) is 0 Å². The Kier molecular flexibility index (Phi) is 5.74. The van der Waals surface area contributed by atoms with Gasteiger partial charge in [0.15, 0.2) is 17.5 Å². The molecule has 0 saturated carbocycles. The van der Waals surface area contributed by atoms with Gasteiger partial charge in [0.2, 0.25) is 0 Å². The van der Waals surface area contributed by atoms with E-state index in [2.05, 4.69) is 152 Å². The van der Waals surface area contributed by atoms with Crippen LogP contribution < -0.4 is 0 Å². The van der Waals surface area contributed by atoms with Crippen LogP contribution in [0.3, 0.4) is 0 Å². The summed E-state index contributed by atoms with van der Waals surface area (Å²) in [4.78, 5) is 15.7. The van der Waals surface area contributed by atoms with Crippen molar-refractivity contribution in [1.29, 1.82) is 0 Å². The Hall–Kier alpha value is -5.97. The minimum atomic E-state index is 0.661. The molecule has 2 aromatic heterocycles. The number of aromatic nitrogens is 3. The van der Waals surface area contributed by atoms with E-state index in [1.165, 1.54) is 47.1 Å². The van der Waals surface area contributed by atoms with Gasteiger partial charge in [-0.2, -0.15) is 0 Å². The van der Waals surface area contributed by atoms with Crippen LogP contribution >= 0.6 is 11.3 Å². The molecule has 0 bridgehead atoms. The lowest BCUT2D eigenvalue weighted by atomic mass is 9.92. The van der Waals surface area contributed by atoms with Gasteiger partial charge in [0, 0.05) is 42.2 Å². The van der Waals surface area contributed by atoms with Crippen LogP contribution in [0.4, 0.5) is 0 Å². The van der Waals surface area contributed by atoms with Gasteiger partial charge in [-0.1, -0.05) is 127 Å². The highest BCUT2D eigenvalue weighted by Gasteiger charge is 2.18. The van der Waals surface area contributed by atoms with Crippen LogP contribution in [0.25, 0.3) is 97.4 Å². The topological polar surface area (TPSA) is 38.7 Å². The molecule has 4 heteroatoms. The van der Waals surface area contributed by atoms with Gasteiger partial charge in [0.25, 0.3) is 0 Å². The second kappa shape index (κ2) is 10.3. The zero-order valence-electron chi connectivity index (χ0n) is 25.2. The van der Waals surface area contributed by atoms with Crippen molar-refractivity contribution < 1.29 is 0 Å². The lowest BCUT2D eigenvalue weighted by molar-refractivity contribution is 1.08. The molecule has 10 aromatic rings. The monoisotopic (exact) mass is 615 g/mol. The molecule has 0 spiro atoms. The predicted molar refractivity (Wildman–Crippen MR) is 199 cm³/mol. The van der Waals surface area contributed by atoms with E-state index in [4.69, 9.17) is 15.0 Å². The van der Waals surface area contributed by atoms with Crippen LogP contribution in [-0.2, 0) is 0 Å². The zero-order valence-corrected chi connectivity index (χ0v) is 26.0. The number of benzene rings is 8. The van der Waals surface area contributed by atoms with Crippen molar-refractivity contribution in [1.82, 2.24) is 15.0 Å². The Labute approximate surface area is 274 Å². The summed E-state index contributed by atoms with van der Waals surface area (Å²) in [6, 6.07) is 53.9. The van der Waals surface area contributed by atoms with Gasteiger partial charge >= 0.3 is 0 Å². The van der Waals surface area contributed by atoms with E-state index >= 15 is 0 Å². The maximum atomic E-state index is 5.27. The lowest BCUT2D eigenvalue weighted by Crippen LogP contribution is -2.01. The van der Waals surface area contributed by atoms with Crippen molar-refractivity contribution in [3.63, 3.8) is 0 Å². The average molecular weight is 616 g/mol. The first-order valence-electron chi connectivity index (χ1n) is 15.8. The average Bonchev–Trinajstić information content (AvgIpc) is 3.52. The number of thiophene rings is 1. The number of hydrogen-bond donors (Lipinski definition) is 0. The number of hydrogen-bond acceptors (Lipinski definition) is 4. The van der Waals surface area contributed by atoms with E-state index in [9.17, 15) is 0 Å². The quantitative estimate of drug-likeness (QED) is 0.186. The Morgan fingerprint density at radius 3 is 1.77 bits per heavy atom. The smallest absolute Gasteiger partial charge is 0.164 e. The summed E-state index contributed by atoms with van der Waals surface area (Å²) in [6.07, 6.45) is 0. The van der Waals surface area contributed by atoms with Crippen molar-refractivity contribution in [3.8, 4) is 34.2 Å². The number of fused-ring (bicyclic) bond motifs is 9. The molecule has 0 aliphatic rings. The first kappa shape index (κ1) is 26.3. The number of nitrogens with zero attached hydrogens (tertiary/aromatic N) is 3. The molecule has 0 radical (unpaired) electrons. The third-order valence-electron chi connectivity index (χ3n) is 9.27. The summed E-state index contributed by atoms with van der Waals surface area (Å²) in [7, 11) is 0. The van der Waals surface area contributed by atoms with Crippen molar-refractivity contribution in [2.24, 2.45) is 0 Å². The minimum absolute atomic E-state index is 0.661. The molecule has 8 aromatic carbocycles. The molecule has 0 aliphatic heterocycles. The first-order valence-corrected chi connectivity index (χ1v) is 16.6. The summed E-state index contributed by atoms with van der Waals surface area (Å²) in [5, 5.41) is 12.0. The summed E-state index contributed by atoms with van der Waals surface area (Å²) < 4.78 is 2.50. The molecule has 0 fully saturated rings. The van der Waals surface area contributed by atoms with Crippen LogP contribution in [0, 0.1) is 0 Å². The Balaban J connectivity index is 1.28. The zero-order chi connectivity index (χ0) is 30.9. The third-order valence-corrected chi connectivity index (χ3v) is 10.4. The molecule has 2 heterocycles. The molecule has 218 valence electrons. The van der Waals surface area contributed by atoms with Crippen molar-refractivity contribution in [2.45, 2.75) is 0 Å². The van der Waals surface area contributed by atoms with Crippen LogP contribution in [-0.4, -0.2) is 15.0 Å². The van der Waals surface area contributed by atoms with Crippen molar-refractivity contribution >= 4 is 74.6 Å². The lowest BCUT2D eigenvalue weighted by Gasteiger charge is -2.14. The fraction of sp³-hybridized carbons (Fsp3) is 0. The molecular formula is C43H25N3S. The number of rotatable bonds is 3. The largest absolute Gasteiger partial charge is 0.208 e. The summed E-state index contributed by atoms with van der Waals surface area (Å²) in [6.45, 7) is 0. The summed E-state index contributed by atoms with van der Waals surface area (Å²) >= 11 is 1.81. The fourth-order valence-corrected chi connectivity index (χ4v) is 8.15. The summed E-state index contributed by atoms with van der Waals surface area (Å²) in [5.41, 5.74) is 2.94. The highest BCUT2D eigenvalue weighted by atomic mass is 32.1. The molecule has 0 aliphatic carbocycles. The van der Waals surface area contributed by atoms with Gasteiger partial charge in [0.05, 0.1) is 0 Å². The Bertz CT molecular complexity index is 2870. The van der Waals surface area contributed by atoms with Crippen LogP contribution in [0.5, 0.6) is 0 Å². The van der Waals surface area contributed by atoms with Gasteiger partial charge in [0.1, 0.15) is 0 Å². The van der Waals surface area contributed by atoms with Crippen LogP contribution in [0.2, 0.25) is 0 Å². The molecule has 0 N–H and O–H groups in total. The molecule has 47 heavy (non-hydrogen) atoms. The van der Waals surface area contributed by atoms with E-state index in [1.54, 1.807) is 11.3 Å². The second-order valence-corrected chi connectivity index (χ2v) is 13.1. The first-order chi connectivity index (χ1) is 23.3. The van der Waals surface area contributed by atoms with Gasteiger partial charge in [-0.25, -0.2) is 15.0 Å². The normalized spacial score (nSPS) is 11.8. The van der Waals surface area contributed by atoms with E-state index in [-0.39, 0.29) is 0 Å².